The molecule has 1 N–H and O–H groups in total. The van der Waals surface area contributed by atoms with Crippen molar-refractivity contribution in [2.75, 3.05) is 13.1 Å². The van der Waals surface area contributed by atoms with E-state index in [1.807, 2.05) is 33.8 Å². The molecule has 0 spiro atoms. The predicted molar refractivity (Wildman–Crippen MR) is 112 cm³/mol. The summed E-state index contributed by atoms with van der Waals surface area (Å²) in [6, 6.07) is 5.26. The molecule has 4 heterocycles. The Labute approximate surface area is 180 Å². The van der Waals surface area contributed by atoms with Gasteiger partial charge in [-0.1, -0.05) is 19.0 Å². The average molecular weight is 425 g/mol. The maximum absolute atomic E-state index is 13.0. The van der Waals surface area contributed by atoms with Crippen molar-refractivity contribution in [3.63, 3.8) is 0 Å². The minimum atomic E-state index is -0.191. The van der Waals surface area contributed by atoms with Crippen LogP contribution in [0.5, 0.6) is 0 Å². The third-order valence-electron chi connectivity index (χ3n) is 5.39. The zero-order valence-corrected chi connectivity index (χ0v) is 18.3. The number of furan rings is 1. The number of nitrogens with one attached hydrogen (secondary N) is 1. The van der Waals surface area contributed by atoms with Crippen LogP contribution in [0.15, 0.2) is 27.1 Å². The predicted octanol–water partition coefficient (Wildman–Crippen LogP) is 2.71. The van der Waals surface area contributed by atoms with Gasteiger partial charge < -0.3 is 19.2 Å². The van der Waals surface area contributed by atoms with Crippen molar-refractivity contribution in [1.82, 2.24) is 25.2 Å². The average Bonchev–Trinajstić information content (AvgIpc) is 3.46. The molecule has 0 atom stereocenters. The molecule has 1 aliphatic rings. The smallest absolute Gasteiger partial charge is 0.289 e. The van der Waals surface area contributed by atoms with E-state index in [9.17, 15) is 9.59 Å². The van der Waals surface area contributed by atoms with Crippen LogP contribution in [0.3, 0.4) is 0 Å². The number of fused-ring (bicyclic) bond motifs is 1. The van der Waals surface area contributed by atoms with Gasteiger partial charge in [-0.25, -0.2) is 0 Å². The van der Waals surface area contributed by atoms with Crippen molar-refractivity contribution < 1.29 is 18.5 Å². The quantitative estimate of drug-likeness (QED) is 0.651. The van der Waals surface area contributed by atoms with E-state index >= 15 is 0 Å². The van der Waals surface area contributed by atoms with E-state index in [1.165, 1.54) is 0 Å². The van der Waals surface area contributed by atoms with Crippen molar-refractivity contribution in [1.29, 1.82) is 0 Å². The largest absolute Gasteiger partial charge is 0.456 e. The molecule has 31 heavy (non-hydrogen) atoms. The summed E-state index contributed by atoms with van der Waals surface area (Å²) in [5.74, 6) is 1.73. The molecule has 0 unspecified atom stereocenters. The van der Waals surface area contributed by atoms with Crippen molar-refractivity contribution >= 4 is 11.8 Å². The third kappa shape index (κ3) is 4.40. The first kappa shape index (κ1) is 20.9. The lowest BCUT2D eigenvalue weighted by Crippen LogP contribution is -2.38. The molecule has 1 aliphatic heterocycles. The number of aryl methyl sites for hydroxylation is 2. The molecular formula is C22H27N5O4. The molecule has 0 bridgehead atoms. The Bertz CT molecular complexity index is 1090. The van der Waals surface area contributed by atoms with E-state index in [0.29, 0.717) is 55.7 Å². The summed E-state index contributed by atoms with van der Waals surface area (Å²) in [5.41, 5.74) is 3.00. The van der Waals surface area contributed by atoms with Gasteiger partial charge in [0.2, 0.25) is 0 Å². The van der Waals surface area contributed by atoms with E-state index < -0.39 is 0 Å². The molecule has 164 valence electrons. The summed E-state index contributed by atoms with van der Waals surface area (Å²) >= 11 is 0. The highest BCUT2D eigenvalue weighted by Gasteiger charge is 2.26. The molecule has 9 heteroatoms. The number of rotatable bonds is 6. The molecule has 3 aromatic heterocycles. The third-order valence-corrected chi connectivity index (χ3v) is 5.39. The number of carbonyl (C=O) groups is 2. The molecule has 0 saturated carbocycles. The molecule has 4 rings (SSSR count). The molecule has 0 radical (unpaired) electrons. The molecule has 0 saturated heterocycles. The molecule has 9 nitrogen and oxygen atoms in total. The summed E-state index contributed by atoms with van der Waals surface area (Å²) in [6.07, 6.45) is 0.524. The second kappa shape index (κ2) is 8.41. The van der Waals surface area contributed by atoms with Gasteiger partial charge in [0.15, 0.2) is 11.5 Å². The number of hydrogen-bond acceptors (Lipinski definition) is 6. The number of aromatic nitrogens is 3. The fourth-order valence-corrected chi connectivity index (χ4v) is 3.61. The first-order chi connectivity index (χ1) is 14.8. The monoisotopic (exact) mass is 425 g/mol. The standard InChI is InChI=1S/C22H27N5O4/c1-13(2)11-23-21(28)19-9-16-12-26(7-8-27(16)24-19)22(29)20-6-5-17(30-20)10-18-14(3)25-31-15(18)4/h5-6,9,13H,7-8,10-12H2,1-4H3,(H,23,28). The Balaban J connectivity index is 1.42. The van der Waals surface area contributed by atoms with Crippen LogP contribution in [0, 0.1) is 19.8 Å². The lowest BCUT2D eigenvalue weighted by atomic mass is 10.1. The van der Waals surface area contributed by atoms with Crippen molar-refractivity contribution in [3.8, 4) is 0 Å². The van der Waals surface area contributed by atoms with Crippen molar-refractivity contribution in [3.05, 3.63) is 58.1 Å². The highest BCUT2D eigenvalue weighted by Crippen LogP contribution is 2.21. The maximum Gasteiger partial charge on any atom is 0.289 e. The van der Waals surface area contributed by atoms with Crippen LogP contribution in [0.2, 0.25) is 0 Å². The molecule has 2 amide bonds. The molecule has 3 aromatic rings. The second-order valence-corrected chi connectivity index (χ2v) is 8.32. The van der Waals surface area contributed by atoms with E-state index in [2.05, 4.69) is 15.6 Å². The zero-order valence-electron chi connectivity index (χ0n) is 18.3. The lowest BCUT2D eigenvalue weighted by Gasteiger charge is -2.26. The topological polar surface area (TPSA) is 106 Å². The number of hydrogen-bond donors (Lipinski definition) is 1. The number of amides is 2. The summed E-state index contributed by atoms with van der Waals surface area (Å²) in [5, 5.41) is 11.2. The first-order valence-electron chi connectivity index (χ1n) is 10.5. The van der Waals surface area contributed by atoms with Crippen LogP contribution in [-0.4, -0.2) is 44.7 Å². The minimum Gasteiger partial charge on any atom is -0.456 e. The molecular weight excluding hydrogens is 398 g/mol. The van der Waals surface area contributed by atoms with Crippen LogP contribution in [0.25, 0.3) is 0 Å². The Morgan fingerprint density at radius 3 is 2.74 bits per heavy atom. The fraction of sp³-hybridized carbons (Fsp3) is 0.455. The van der Waals surface area contributed by atoms with Gasteiger partial charge in [0.1, 0.15) is 11.5 Å². The summed E-state index contributed by atoms with van der Waals surface area (Å²) in [4.78, 5) is 27.0. The van der Waals surface area contributed by atoms with Crippen LogP contribution >= 0.6 is 0 Å². The summed E-state index contributed by atoms with van der Waals surface area (Å²) < 4.78 is 12.8. The van der Waals surface area contributed by atoms with E-state index in [-0.39, 0.29) is 11.8 Å². The van der Waals surface area contributed by atoms with E-state index in [4.69, 9.17) is 8.94 Å². The molecule has 0 aromatic carbocycles. The SMILES string of the molecule is Cc1noc(C)c1Cc1ccc(C(=O)N2CCn3nc(C(=O)NCC(C)C)cc3C2)o1. The number of carbonyl (C=O) groups excluding carboxylic acids is 2. The number of nitrogens with zero attached hydrogens (tertiary/aromatic N) is 4. The van der Waals surface area contributed by atoms with Crippen LogP contribution < -0.4 is 5.32 Å². The van der Waals surface area contributed by atoms with E-state index in [0.717, 1.165) is 22.7 Å². The Kier molecular flexibility index (Phi) is 5.67. The van der Waals surface area contributed by atoms with Gasteiger partial charge in [-0.05, 0) is 38.0 Å². The van der Waals surface area contributed by atoms with Gasteiger partial charge in [0.25, 0.3) is 11.8 Å². The highest BCUT2D eigenvalue weighted by atomic mass is 16.5. The Morgan fingerprint density at radius 1 is 1.23 bits per heavy atom. The minimum absolute atomic E-state index is 0.178. The highest BCUT2D eigenvalue weighted by molar-refractivity contribution is 5.93. The van der Waals surface area contributed by atoms with Gasteiger partial charge >= 0.3 is 0 Å². The van der Waals surface area contributed by atoms with Crippen LogP contribution in [-0.2, 0) is 19.5 Å². The van der Waals surface area contributed by atoms with E-state index in [1.54, 1.807) is 21.7 Å². The van der Waals surface area contributed by atoms with Crippen molar-refractivity contribution in [2.24, 2.45) is 5.92 Å². The Hall–Kier alpha value is -3.36. The van der Waals surface area contributed by atoms with Crippen molar-refractivity contribution in [2.45, 2.75) is 47.2 Å². The fourth-order valence-electron chi connectivity index (χ4n) is 3.61. The van der Waals surface area contributed by atoms with Gasteiger partial charge in [-0.3, -0.25) is 14.3 Å². The van der Waals surface area contributed by atoms with Gasteiger partial charge in [-0.2, -0.15) is 5.10 Å². The normalized spacial score (nSPS) is 13.5. The summed E-state index contributed by atoms with van der Waals surface area (Å²) in [6.45, 7) is 9.83. The van der Waals surface area contributed by atoms with Crippen LogP contribution in [0.1, 0.15) is 63.4 Å². The molecule has 0 fully saturated rings. The van der Waals surface area contributed by atoms with Gasteiger partial charge in [0.05, 0.1) is 24.5 Å². The zero-order chi connectivity index (χ0) is 22.1. The first-order valence-corrected chi connectivity index (χ1v) is 10.5. The lowest BCUT2D eigenvalue weighted by molar-refractivity contribution is 0.0671. The maximum atomic E-state index is 13.0. The summed E-state index contributed by atoms with van der Waals surface area (Å²) in [7, 11) is 0. The van der Waals surface area contributed by atoms with Gasteiger partial charge in [-0.15, -0.1) is 0 Å². The molecule has 0 aliphatic carbocycles. The van der Waals surface area contributed by atoms with Gasteiger partial charge in [0, 0.05) is 25.1 Å². The Morgan fingerprint density at radius 2 is 2.03 bits per heavy atom. The second-order valence-electron chi connectivity index (χ2n) is 8.32. The van der Waals surface area contributed by atoms with Crippen LogP contribution in [0.4, 0.5) is 0 Å².